The zero-order valence-corrected chi connectivity index (χ0v) is 11.4. The summed E-state index contributed by atoms with van der Waals surface area (Å²) in [5.74, 6) is -0.0518. The van der Waals surface area contributed by atoms with Crippen LogP contribution in [0.25, 0.3) is 0 Å². The molecule has 0 saturated heterocycles. The maximum atomic E-state index is 13.7. The molecular formula is C14H23FN2O. The second-order valence-corrected chi connectivity index (χ2v) is 4.32. The Hall–Kier alpha value is -1.13. The number of para-hydroxylation sites is 1. The van der Waals surface area contributed by atoms with Crippen molar-refractivity contribution in [1.29, 1.82) is 0 Å². The van der Waals surface area contributed by atoms with E-state index in [0.29, 0.717) is 12.4 Å². The standard InChI is InChI=1S/C14H23FN2O/c1-4-17(5-2)9-10-18-14-12(11(3)16)7-6-8-13(14)15/h6-8,11H,4-5,9-10,16H2,1-3H3. The van der Waals surface area contributed by atoms with Crippen molar-refractivity contribution < 1.29 is 9.13 Å². The molecule has 0 fully saturated rings. The highest BCUT2D eigenvalue weighted by Crippen LogP contribution is 2.26. The van der Waals surface area contributed by atoms with E-state index in [0.717, 1.165) is 25.2 Å². The molecule has 0 aliphatic heterocycles. The summed E-state index contributed by atoms with van der Waals surface area (Å²) in [5, 5.41) is 0. The average molecular weight is 254 g/mol. The van der Waals surface area contributed by atoms with Crippen molar-refractivity contribution in [3.63, 3.8) is 0 Å². The molecule has 0 radical (unpaired) electrons. The minimum absolute atomic E-state index is 0.232. The third kappa shape index (κ3) is 3.96. The average Bonchev–Trinajstić information content (AvgIpc) is 2.36. The molecule has 0 aliphatic carbocycles. The highest BCUT2D eigenvalue weighted by Gasteiger charge is 2.13. The van der Waals surface area contributed by atoms with Crippen molar-refractivity contribution in [3.8, 4) is 5.75 Å². The molecule has 1 atom stereocenters. The minimum Gasteiger partial charge on any atom is -0.489 e. The van der Waals surface area contributed by atoms with Crippen molar-refractivity contribution in [2.75, 3.05) is 26.2 Å². The molecule has 1 rings (SSSR count). The van der Waals surface area contributed by atoms with Gasteiger partial charge in [-0.25, -0.2) is 4.39 Å². The zero-order valence-electron chi connectivity index (χ0n) is 11.4. The Labute approximate surface area is 109 Å². The Morgan fingerprint density at radius 3 is 2.56 bits per heavy atom. The topological polar surface area (TPSA) is 38.5 Å². The second kappa shape index (κ2) is 7.34. The first kappa shape index (κ1) is 14.9. The van der Waals surface area contributed by atoms with E-state index in [9.17, 15) is 4.39 Å². The van der Waals surface area contributed by atoms with Crippen LogP contribution in [0.1, 0.15) is 32.4 Å². The molecule has 1 aromatic carbocycles. The van der Waals surface area contributed by atoms with Gasteiger partial charge in [-0.1, -0.05) is 26.0 Å². The van der Waals surface area contributed by atoms with Crippen LogP contribution >= 0.6 is 0 Å². The lowest BCUT2D eigenvalue weighted by Gasteiger charge is -2.19. The van der Waals surface area contributed by atoms with E-state index in [4.69, 9.17) is 10.5 Å². The molecule has 18 heavy (non-hydrogen) atoms. The summed E-state index contributed by atoms with van der Waals surface area (Å²) < 4.78 is 19.3. The number of likely N-dealkylation sites (N-methyl/N-ethyl adjacent to an activating group) is 1. The van der Waals surface area contributed by atoms with E-state index in [2.05, 4.69) is 18.7 Å². The number of hydrogen-bond acceptors (Lipinski definition) is 3. The molecule has 0 amide bonds. The van der Waals surface area contributed by atoms with E-state index in [-0.39, 0.29) is 11.9 Å². The van der Waals surface area contributed by atoms with Crippen molar-refractivity contribution in [2.45, 2.75) is 26.8 Å². The third-order valence-electron chi connectivity index (χ3n) is 3.04. The summed E-state index contributed by atoms with van der Waals surface area (Å²) in [4.78, 5) is 2.23. The van der Waals surface area contributed by atoms with Gasteiger partial charge >= 0.3 is 0 Å². The van der Waals surface area contributed by atoms with E-state index in [1.807, 2.05) is 6.92 Å². The third-order valence-corrected chi connectivity index (χ3v) is 3.04. The van der Waals surface area contributed by atoms with Gasteiger partial charge < -0.3 is 15.4 Å². The van der Waals surface area contributed by atoms with Crippen molar-refractivity contribution in [3.05, 3.63) is 29.6 Å². The monoisotopic (exact) mass is 254 g/mol. The molecule has 1 unspecified atom stereocenters. The van der Waals surface area contributed by atoms with Crippen LogP contribution in [0.4, 0.5) is 4.39 Å². The normalized spacial score (nSPS) is 12.8. The van der Waals surface area contributed by atoms with Crippen LogP contribution in [0.2, 0.25) is 0 Å². The van der Waals surface area contributed by atoms with Gasteiger partial charge in [0.15, 0.2) is 11.6 Å². The van der Waals surface area contributed by atoms with Gasteiger partial charge in [-0.2, -0.15) is 0 Å². The Morgan fingerprint density at radius 2 is 2.00 bits per heavy atom. The fourth-order valence-electron chi connectivity index (χ4n) is 1.85. The lowest BCUT2D eigenvalue weighted by Crippen LogP contribution is -2.28. The van der Waals surface area contributed by atoms with Gasteiger partial charge in [0, 0.05) is 18.2 Å². The van der Waals surface area contributed by atoms with E-state index in [1.165, 1.54) is 6.07 Å². The number of rotatable bonds is 7. The van der Waals surface area contributed by atoms with Gasteiger partial charge in [-0.05, 0) is 26.1 Å². The Kier molecular flexibility index (Phi) is 6.09. The minimum atomic E-state index is -0.343. The first-order valence-corrected chi connectivity index (χ1v) is 6.49. The van der Waals surface area contributed by atoms with Crippen molar-refractivity contribution >= 4 is 0 Å². The van der Waals surface area contributed by atoms with Gasteiger partial charge in [0.25, 0.3) is 0 Å². The van der Waals surface area contributed by atoms with Crippen LogP contribution in [-0.4, -0.2) is 31.1 Å². The fraction of sp³-hybridized carbons (Fsp3) is 0.571. The molecule has 4 heteroatoms. The van der Waals surface area contributed by atoms with Crippen LogP contribution in [0, 0.1) is 5.82 Å². The number of halogens is 1. The van der Waals surface area contributed by atoms with Crippen LogP contribution in [-0.2, 0) is 0 Å². The lowest BCUT2D eigenvalue weighted by molar-refractivity contribution is 0.215. The summed E-state index contributed by atoms with van der Waals surface area (Å²) >= 11 is 0. The first-order chi connectivity index (χ1) is 8.60. The Bertz CT molecular complexity index is 365. The molecule has 0 aliphatic rings. The van der Waals surface area contributed by atoms with E-state index < -0.39 is 0 Å². The largest absolute Gasteiger partial charge is 0.489 e. The first-order valence-electron chi connectivity index (χ1n) is 6.49. The number of benzene rings is 1. The SMILES string of the molecule is CCN(CC)CCOc1c(F)cccc1C(C)N. The quantitative estimate of drug-likeness (QED) is 0.812. The van der Waals surface area contributed by atoms with Crippen LogP contribution < -0.4 is 10.5 Å². The van der Waals surface area contributed by atoms with Gasteiger partial charge in [0.05, 0.1) is 0 Å². The van der Waals surface area contributed by atoms with Crippen molar-refractivity contribution in [1.82, 2.24) is 4.90 Å². The molecule has 0 saturated carbocycles. The van der Waals surface area contributed by atoms with Gasteiger partial charge in [-0.15, -0.1) is 0 Å². The van der Waals surface area contributed by atoms with Crippen LogP contribution in [0.15, 0.2) is 18.2 Å². The highest BCUT2D eigenvalue weighted by atomic mass is 19.1. The maximum absolute atomic E-state index is 13.7. The fourth-order valence-corrected chi connectivity index (χ4v) is 1.85. The molecule has 1 aromatic rings. The molecular weight excluding hydrogens is 231 g/mol. The Balaban J connectivity index is 2.66. The predicted molar refractivity (Wildman–Crippen MR) is 72.3 cm³/mol. The van der Waals surface area contributed by atoms with Crippen molar-refractivity contribution in [2.24, 2.45) is 5.73 Å². The molecule has 102 valence electrons. The van der Waals surface area contributed by atoms with Gasteiger partial charge in [0.2, 0.25) is 0 Å². The predicted octanol–water partition coefficient (Wildman–Crippen LogP) is 2.57. The molecule has 3 nitrogen and oxygen atoms in total. The number of hydrogen-bond donors (Lipinski definition) is 1. The second-order valence-electron chi connectivity index (χ2n) is 4.32. The highest BCUT2D eigenvalue weighted by molar-refractivity contribution is 5.36. The van der Waals surface area contributed by atoms with Gasteiger partial charge in [0.1, 0.15) is 6.61 Å². The number of ether oxygens (including phenoxy) is 1. The summed E-state index contributed by atoms with van der Waals surface area (Å²) in [6.07, 6.45) is 0. The zero-order chi connectivity index (χ0) is 13.5. The Morgan fingerprint density at radius 1 is 1.33 bits per heavy atom. The molecule has 0 bridgehead atoms. The van der Waals surface area contributed by atoms with Crippen LogP contribution in [0.3, 0.4) is 0 Å². The molecule has 2 N–H and O–H groups in total. The summed E-state index contributed by atoms with van der Waals surface area (Å²) in [5.41, 5.74) is 6.53. The molecule has 0 aromatic heterocycles. The van der Waals surface area contributed by atoms with Crippen LogP contribution in [0.5, 0.6) is 5.75 Å². The summed E-state index contributed by atoms with van der Waals surface area (Å²) in [7, 11) is 0. The van der Waals surface area contributed by atoms with E-state index in [1.54, 1.807) is 12.1 Å². The van der Waals surface area contributed by atoms with Gasteiger partial charge in [-0.3, -0.25) is 0 Å². The summed E-state index contributed by atoms with van der Waals surface area (Å²) in [6, 6.07) is 4.63. The molecule has 0 heterocycles. The van der Waals surface area contributed by atoms with E-state index >= 15 is 0 Å². The number of nitrogens with two attached hydrogens (primary N) is 1. The maximum Gasteiger partial charge on any atom is 0.165 e. The summed E-state index contributed by atoms with van der Waals surface area (Å²) in [6.45, 7) is 9.22. The molecule has 0 spiro atoms. The number of nitrogens with zero attached hydrogens (tertiary/aromatic N) is 1. The smallest absolute Gasteiger partial charge is 0.165 e. The lowest BCUT2D eigenvalue weighted by atomic mass is 10.1.